The number of halogens is 1. The summed E-state index contributed by atoms with van der Waals surface area (Å²) >= 11 is 3.44. The molecule has 2 heteroatoms. The van der Waals surface area contributed by atoms with Crippen LogP contribution >= 0.6 is 15.9 Å². The molecule has 0 radical (unpaired) electrons. The van der Waals surface area contributed by atoms with Crippen molar-refractivity contribution >= 4 is 21.7 Å². The molecule has 0 aromatic carbocycles. The fraction of sp³-hybridized carbons (Fsp3) is 0.917. The second-order valence-corrected chi connectivity index (χ2v) is 5.54. The smallest absolute Gasteiger partial charge is 0.139 e. The molecule has 2 aliphatic carbocycles. The number of carbonyl (C=O) groups is 1. The molecule has 2 saturated carbocycles. The predicted octanol–water partition coefficient (Wildman–Crippen LogP) is 3.56. The van der Waals surface area contributed by atoms with E-state index in [-0.39, 0.29) is 0 Å². The number of rotatable bonds is 3. The van der Waals surface area contributed by atoms with Crippen LogP contribution < -0.4 is 0 Å². The Labute approximate surface area is 94.8 Å². The van der Waals surface area contributed by atoms with Crippen LogP contribution in [0.1, 0.15) is 44.9 Å². The maximum atomic E-state index is 11.8. The first-order valence-corrected chi connectivity index (χ1v) is 7.06. The minimum atomic E-state index is 0.440. The van der Waals surface area contributed by atoms with E-state index in [1.54, 1.807) is 0 Å². The Balaban J connectivity index is 1.90. The van der Waals surface area contributed by atoms with Crippen molar-refractivity contribution in [1.29, 1.82) is 0 Å². The lowest BCUT2D eigenvalue weighted by atomic mass is 9.60. The molecule has 0 bridgehead atoms. The van der Waals surface area contributed by atoms with E-state index in [4.69, 9.17) is 0 Å². The molecule has 2 fully saturated rings. The van der Waals surface area contributed by atoms with E-state index in [2.05, 4.69) is 15.9 Å². The van der Waals surface area contributed by atoms with Gasteiger partial charge in [0.05, 0.1) is 0 Å². The topological polar surface area (TPSA) is 17.1 Å². The molecule has 0 unspecified atom stereocenters. The largest absolute Gasteiger partial charge is 0.299 e. The van der Waals surface area contributed by atoms with E-state index in [9.17, 15) is 4.79 Å². The van der Waals surface area contributed by atoms with Crippen LogP contribution in [-0.2, 0) is 4.79 Å². The van der Waals surface area contributed by atoms with Gasteiger partial charge in [-0.2, -0.15) is 0 Å². The summed E-state index contributed by atoms with van der Waals surface area (Å²) in [4.78, 5) is 11.8. The zero-order chi connectivity index (χ0) is 9.97. The van der Waals surface area contributed by atoms with Gasteiger partial charge in [-0.15, -0.1) is 0 Å². The van der Waals surface area contributed by atoms with Crippen molar-refractivity contribution in [2.75, 3.05) is 5.33 Å². The normalized spacial score (nSPS) is 37.2. The molecule has 80 valence electrons. The number of alkyl halides is 1. The van der Waals surface area contributed by atoms with E-state index < -0.39 is 0 Å². The standard InChI is InChI=1S/C12H19BrO/c13-8-4-7-11-9-5-2-1-3-6-10(9)12(11)14/h9-11H,1-8H2/t9-,10+,11-/m0/s1. The van der Waals surface area contributed by atoms with Crippen LogP contribution in [0.4, 0.5) is 0 Å². The molecule has 0 aliphatic heterocycles. The highest BCUT2D eigenvalue weighted by Gasteiger charge is 2.48. The van der Waals surface area contributed by atoms with Crippen molar-refractivity contribution in [3.8, 4) is 0 Å². The Morgan fingerprint density at radius 2 is 2.00 bits per heavy atom. The van der Waals surface area contributed by atoms with Crippen LogP contribution in [-0.4, -0.2) is 11.1 Å². The van der Waals surface area contributed by atoms with Crippen molar-refractivity contribution in [2.45, 2.75) is 44.9 Å². The number of carbonyl (C=O) groups excluding carboxylic acids is 1. The summed E-state index contributed by atoms with van der Waals surface area (Å²) in [6.07, 6.45) is 8.81. The number of hydrogen-bond acceptors (Lipinski definition) is 1. The Kier molecular flexibility index (Phi) is 3.64. The van der Waals surface area contributed by atoms with Gasteiger partial charge in [0.25, 0.3) is 0 Å². The van der Waals surface area contributed by atoms with Gasteiger partial charge in [0.15, 0.2) is 0 Å². The number of hydrogen-bond donors (Lipinski definition) is 0. The second kappa shape index (κ2) is 4.78. The molecule has 0 heterocycles. The van der Waals surface area contributed by atoms with Crippen molar-refractivity contribution in [3.05, 3.63) is 0 Å². The summed E-state index contributed by atoms with van der Waals surface area (Å²) in [5.41, 5.74) is 0. The summed E-state index contributed by atoms with van der Waals surface area (Å²) < 4.78 is 0. The zero-order valence-corrected chi connectivity index (χ0v) is 10.3. The highest BCUT2D eigenvalue weighted by atomic mass is 79.9. The van der Waals surface area contributed by atoms with Gasteiger partial charge < -0.3 is 0 Å². The average molecular weight is 259 g/mol. The molecule has 14 heavy (non-hydrogen) atoms. The van der Waals surface area contributed by atoms with Crippen LogP contribution in [0.25, 0.3) is 0 Å². The van der Waals surface area contributed by atoms with Gasteiger partial charge in [-0.25, -0.2) is 0 Å². The lowest BCUT2D eigenvalue weighted by molar-refractivity contribution is -0.143. The SMILES string of the molecule is O=C1[C@@H](CCCBr)[C@H]2CCCCC[C@@H]12. The Bertz CT molecular complexity index is 214. The maximum Gasteiger partial charge on any atom is 0.139 e. The number of ketones is 1. The summed E-state index contributed by atoms with van der Waals surface area (Å²) in [5, 5.41) is 1.05. The van der Waals surface area contributed by atoms with Crippen LogP contribution in [0, 0.1) is 17.8 Å². The predicted molar refractivity (Wildman–Crippen MR) is 61.6 cm³/mol. The third kappa shape index (κ3) is 1.91. The van der Waals surface area contributed by atoms with Crippen LogP contribution in [0.2, 0.25) is 0 Å². The van der Waals surface area contributed by atoms with Crippen LogP contribution in [0.5, 0.6) is 0 Å². The molecule has 2 aliphatic rings. The summed E-state index contributed by atoms with van der Waals surface area (Å²) in [6.45, 7) is 0. The van der Waals surface area contributed by atoms with Crippen molar-refractivity contribution in [1.82, 2.24) is 0 Å². The lowest BCUT2D eigenvalue weighted by Gasteiger charge is -2.42. The van der Waals surface area contributed by atoms with Gasteiger partial charge in [-0.3, -0.25) is 4.79 Å². The molecule has 0 aromatic rings. The average Bonchev–Trinajstić information content (AvgIpc) is 2.41. The Morgan fingerprint density at radius 3 is 2.79 bits per heavy atom. The zero-order valence-electron chi connectivity index (χ0n) is 8.68. The highest BCUT2D eigenvalue weighted by molar-refractivity contribution is 9.09. The third-order valence-electron chi connectivity index (χ3n) is 3.97. The van der Waals surface area contributed by atoms with Crippen molar-refractivity contribution in [2.24, 2.45) is 17.8 Å². The van der Waals surface area contributed by atoms with E-state index >= 15 is 0 Å². The molecular formula is C12H19BrO. The minimum absolute atomic E-state index is 0.440. The van der Waals surface area contributed by atoms with E-state index in [1.165, 1.54) is 38.5 Å². The van der Waals surface area contributed by atoms with E-state index in [0.717, 1.165) is 17.7 Å². The number of Topliss-reactive ketones (excluding diaryl/α,β-unsaturated/α-hetero) is 1. The van der Waals surface area contributed by atoms with E-state index in [1.807, 2.05) is 0 Å². The Morgan fingerprint density at radius 1 is 1.21 bits per heavy atom. The fourth-order valence-electron chi connectivity index (χ4n) is 3.19. The maximum absolute atomic E-state index is 11.8. The van der Waals surface area contributed by atoms with Gasteiger partial charge >= 0.3 is 0 Å². The molecule has 1 nitrogen and oxygen atoms in total. The first kappa shape index (κ1) is 10.7. The van der Waals surface area contributed by atoms with Crippen molar-refractivity contribution in [3.63, 3.8) is 0 Å². The van der Waals surface area contributed by atoms with Crippen LogP contribution in [0.15, 0.2) is 0 Å². The van der Waals surface area contributed by atoms with Gasteiger partial charge in [-0.05, 0) is 31.6 Å². The van der Waals surface area contributed by atoms with Gasteiger partial charge in [0.1, 0.15) is 5.78 Å². The minimum Gasteiger partial charge on any atom is -0.299 e. The molecule has 0 amide bonds. The molecule has 0 spiro atoms. The molecule has 2 rings (SSSR count). The second-order valence-electron chi connectivity index (χ2n) is 4.75. The van der Waals surface area contributed by atoms with Gasteiger partial charge in [0, 0.05) is 17.2 Å². The quantitative estimate of drug-likeness (QED) is 0.708. The Hall–Kier alpha value is 0.150. The molecular weight excluding hydrogens is 240 g/mol. The molecule has 0 saturated heterocycles. The lowest BCUT2D eigenvalue weighted by Crippen LogP contribution is -2.46. The summed E-state index contributed by atoms with van der Waals surface area (Å²) in [7, 11) is 0. The summed E-state index contributed by atoms with van der Waals surface area (Å²) in [5.74, 6) is 2.27. The van der Waals surface area contributed by atoms with Crippen molar-refractivity contribution < 1.29 is 4.79 Å². The van der Waals surface area contributed by atoms with E-state index in [0.29, 0.717) is 17.6 Å². The first-order valence-electron chi connectivity index (χ1n) is 5.94. The molecule has 3 atom stereocenters. The van der Waals surface area contributed by atoms with Crippen LogP contribution in [0.3, 0.4) is 0 Å². The van der Waals surface area contributed by atoms with Gasteiger partial charge in [-0.1, -0.05) is 35.2 Å². The third-order valence-corrected chi connectivity index (χ3v) is 4.53. The van der Waals surface area contributed by atoms with Gasteiger partial charge in [0.2, 0.25) is 0 Å². The highest BCUT2D eigenvalue weighted by Crippen LogP contribution is 2.47. The number of fused-ring (bicyclic) bond motifs is 1. The molecule has 0 aromatic heterocycles. The summed E-state index contributed by atoms with van der Waals surface area (Å²) in [6, 6.07) is 0. The molecule has 0 N–H and O–H groups in total. The monoisotopic (exact) mass is 258 g/mol. The fourth-order valence-corrected chi connectivity index (χ4v) is 3.52. The first-order chi connectivity index (χ1) is 6.84.